The molecule has 0 atom stereocenters. The van der Waals surface area contributed by atoms with Gasteiger partial charge in [0.2, 0.25) is 21.8 Å². The fraction of sp³-hybridized carbons (Fsp3) is 0.263. The molecule has 2 aromatic carbocycles. The van der Waals surface area contributed by atoms with Gasteiger partial charge in [0.15, 0.2) is 0 Å². The van der Waals surface area contributed by atoms with E-state index in [1.807, 2.05) is 0 Å². The molecular weight excluding hydrogens is 402 g/mol. The van der Waals surface area contributed by atoms with Crippen LogP contribution in [-0.4, -0.2) is 43.1 Å². The van der Waals surface area contributed by atoms with E-state index in [9.17, 15) is 8.42 Å². The highest BCUT2D eigenvalue weighted by Gasteiger charge is 2.28. The van der Waals surface area contributed by atoms with Crippen LogP contribution in [0.3, 0.4) is 0 Å². The maximum Gasteiger partial charge on any atom is 0.249 e. The molecule has 1 saturated heterocycles. The van der Waals surface area contributed by atoms with E-state index in [1.54, 1.807) is 31.4 Å². The van der Waals surface area contributed by atoms with Gasteiger partial charge in [-0.05, 0) is 55.3 Å². The van der Waals surface area contributed by atoms with E-state index in [-0.39, 0.29) is 10.8 Å². The van der Waals surface area contributed by atoms with Crippen molar-refractivity contribution in [2.75, 3.05) is 20.2 Å². The molecule has 0 bridgehead atoms. The van der Waals surface area contributed by atoms with E-state index in [1.165, 1.54) is 22.5 Å². The lowest BCUT2D eigenvalue weighted by molar-refractivity contribution is 0.415. The first-order chi connectivity index (χ1) is 13.5. The molecule has 28 heavy (non-hydrogen) atoms. The largest absolute Gasteiger partial charge is 0.497 e. The predicted octanol–water partition coefficient (Wildman–Crippen LogP) is 3.85. The average Bonchev–Trinajstić information content (AvgIpc) is 3.41. The van der Waals surface area contributed by atoms with Crippen LogP contribution in [0.2, 0.25) is 5.02 Å². The minimum atomic E-state index is -3.57. The Morgan fingerprint density at radius 1 is 1.04 bits per heavy atom. The summed E-state index contributed by atoms with van der Waals surface area (Å²) < 4.78 is 38.0. The highest BCUT2D eigenvalue weighted by Crippen LogP contribution is 2.33. The number of aromatic nitrogens is 2. The molecule has 1 aliphatic rings. The molecule has 7 nitrogen and oxygen atoms in total. The lowest BCUT2D eigenvalue weighted by Crippen LogP contribution is -2.27. The van der Waals surface area contributed by atoms with Crippen LogP contribution in [0.4, 0.5) is 0 Å². The van der Waals surface area contributed by atoms with Crippen molar-refractivity contribution < 1.29 is 17.6 Å². The number of ether oxygens (including phenoxy) is 1. The summed E-state index contributed by atoms with van der Waals surface area (Å²) in [6.45, 7) is 1.06. The van der Waals surface area contributed by atoms with Crippen LogP contribution in [0, 0.1) is 0 Å². The van der Waals surface area contributed by atoms with Gasteiger partial charge in [-0.2, -0.15) is 4.31 Å². The number of nitrogens with zero attached hydrogens (tertiary/aromatic N) is 3. The van der Waals surface area contributed by atoms with Crippen molar-refractivity contribution in [1.82, 2.24) is 14.5 Å². The van der Waals surface area contributed by atoms with E-state index in [0.717, 1.165) is 18.4 Å². The summed E-state index contributed by atoms with van der Waals surface area (Å²) in [6.07, 6.45) is 1.74. The van der Waals surface area contributed by atoms with Gasteiger partial charge < -0.3 is 9.15 Å². The van der Waals surface area contributed by atoms with Crippen molar-refractivity contribution in [3.8, 4) is 28.7 Å². The van der Waals surface area contributed by atoms with Gasteiger partial charge >= 0.3 is 0 Å². The third-order valence-corrected chi connectivity index (χ3v) is 6.86. The number of hydrogen-bond donors (Lipinski definition) is 0. The molecule has 9 heteroatoms. The smallest absolute Gasteiger partial charge is 0.249 e. The second kappa shape index (κ2) is 7.54. The molecule has 0 N–H and O–H groups in total. The minimum absolute atomic E-state index is 0.161. The first-order valence-electron chi connectivity index (χ1n) is 8.77. The summed E-state index contributed by atoms with van der Waals surface area (Å²) in [5.41, 5.74) is 1.10. The number of halogens is 1. The van der Waals surface area contributed by atoms with Gasteiger partial charge in [-0.3, -0.25) is 0 Å². The number of methoxy groups -OCH3 is 1. The zero-order valence-corrected chi connectivity index (χ0v) is 16.7. The minimum Gasteiger partial charge on any atom is -0.497 e. The van der Waals surface area contributed by atoms with Gasteiger partial charge in [0.1, 0.15) is 5.75 Å². The Hall–Kier alpha value is -2.42. The molecule has 0 amide bonds. The molecule has 0 unspecified atom stereocenters. The second-order valence-corrected chi connectivity index (χ2v) is 8.74. The van der Waals surface area contributed by atoms with Crippen LogP contribution in [0.25, 0.3) is 22.9 Å². The van der Waals surface area contributed by atoms with Crippen molar-refractivity contribution in [2.24, 2.45) is 0 Å². The summed E-state index contributed by atoms with van der Waals surface area (Å²) in [4.78, 5) is 0.165. The Kier molecular flexibility index (Phi) is 5.09. The molecule has 0 radical (unpaired) electrons. The molecule has 4 rings (SSSR count). The fourth-order valence-corrected chi connectivity index (χ4v) is 4.83. The van der Waals surface area contributed by atoms with Gasteiger partial charge in [0.25, 0.3) is 0 Å². The van der Waals surface area contributed by atoms with Crippen LogP contribution < -0.4 is 4.74 Å². The van der Waals surface area contributed by atoms with Crippen LogP contribution in [0.1, 0.15) is 12.8 Å². The molecule has 0 saturated carbocycles. The molecular formula is C19H18ClN3O4S. The van der Waals surface area contributed by atoms with E-state index >= 15 is 0 Å². The van der Waals surface area contributed by atoms with E-state index in [0.29, 0.717) is 35.3 Å². The fourth-order valence-electron chi connectivity index (χ4n) is 3.09. The van der Waals surface area contributed by atoms with E-state index in [4.69, 9.17) is 20.8 Å². The zero-order chi connectivity index (χ0) is 19.7. The third-order valence-electron chi connectivity index (χ3n) is 4.63. The second-order valence-electron chi connectivity index (χ2n) is 6.39. The van der Waals surface area contributed by atoms with Crippen LogP contribution in [0.15, 0.2) is 51.8 Å². The van der Waals surface area contributed by atoms with Crippen molar-refractivity contribution in [3.63, 3.8) is 0 Å². The zero-order valence-electron chi connectivity index (χ0n) is 15.1. The van der Waals surface area contributed by atoms with E-state index in [2.05, 4.69) is 10.2 Å². The molecule has 2 heterocycles. The Balaban J connectivity index is 1.68. The van der Waals surface area contributed by atoms with Gasteiger partial charge in [-0.25, -0.2) is 8.42 Å². The summed E-state index contributed by atoms with van der Waals surface area (Å²) in [6, 6.07) is 11.7. The average molecular weight is 420 g/mol. The maximum absolute atomic E-state index is 12.8. The first-order valence-corrected chi connectivity index (χ1v) is 10.6. The molecule has 3 aromatic rings. The Labute approximate surface area is 168 Å². The highest BCUT2D eigenvalue weighted by atomic mass is 35.5. The monoisotopic (exact) mass is 419 g/mol. The molecule has 0 spiro atoms. The van der Waals surface area contributed by atoms with Gasteiger partial charge in [0, 0.05) is 18.7 Å². The van der Waals surface area contributed by atoms with Crippen molar-refractivity contribution in [3.05, 3.63) is 47.5 Å². The lowest BCUT2D eigenvalue weighted by atomic mass is 10.2. The summed E-state index contributed by atoms with van der Waals surface area (Å²) >= 11 is 6.28. The van der Waals surface area contributed by atoms with Gasteiger partial charge in [-0.1, -0.05) is 11.6 Å². The Bertz CT molecular complexity index is 1090. The standard InChI is InChI=1S/C19H18ClN3O4S/c1-26-14-6-4-13(5-7-14)18-21-22-19(27-18)16-12-15(8-9-17(16)20)28(24,25)23-10-2-3-11-23/h4-9,12H,2-3,10-11H2,1H3. The van der Waals surface area contributed by atoms with Crippen LogP contribution in [-0.2, 0) is 10.0 Å². The molecule has 146 valence electrons. The normalized spacial score (nSPS) is 15.1. The number of benzene rings is 2. The van der Waals surface area contributed by atoms with Crippen LogP contribution in [0.5, 0.6) is 5.75 Å². The van der Waals surface area contributed by atoms with Gasteiger partial charge in [-0.15, -0.1) is 10.2 Å². The maximum atomic E-state index is 12.8. The Morgan fingerprint density at radius 3 is 2.39 bits per heavy atom. The van der Waals surface area contributed by atoms with Crippen molar-refractivity contribution in [1.29, 1.82) is 0 Å². The van der Waals surface area contributed by atoms with Crippen molar-refractivity contribution >= 4 is 21.6 Å². The summed E-state index contributed by atoms with van der Waals surface area (Å²) in [7, 11) is -1.98. The topological polar surface area (TPSA) is 85.5 Å². The quantitative estimate of drug-likeness (QED) is 0.624. The molecule has 1 fully saturated rings. The molecule has 1 aliphatic heterocycles. The molecule has 0 aliphatic carbocycles. The molecule has 1 aromatic heterocycles. The highest BCUT2D eigenvalue weighted by molar-refractivity contribution is 7.89. The predicted molar refractivity (Wildman–Crippen MR) is 105 cm³/mol. The Morgan fingerprint density at radius 2 is 1.71 bits per heavy atom. The van der Waals surface area contributed by atoms with E-state index < -0.39 is 10.0 Å². The number of sulfonamides is 1. The third kappa shape index (κ3) is 3.50. The number of rotatable bonds is 5. The first kappa shape index (κ1) is 18.9. The number of hydrogen-bond acceptors (Lipinski definition) is 6. The summed E-state index contributed by atoms with van der Waals surface area (Å²) in [5.74, 6) is 1.18. The SMILES string of the molecule is COc1ccc(-c2nnc(-c3cc(S(=O)(=O)N4CCCC4)ccc3Cl)o2)cc1. The van der Waals surface area contributed by atoms with Crippen LogP contribution >= 0.6 is 11.6 Å². The van der Waals surface area contributed by atoms with Crippen molar-refractivity contribution in [2.45, 2.75) is 17.7 Å². The lowest BCUT2D eigenvalue weighted by Gasteiger charge is -2.16. The van der Waals surface area contributed by atoms with Gasteiger partial charge in [0.05, 0.1) is 22.6 Å². The summed E-state index contributed by atoms with van der Waals surface area (Å²) in [5, 5.41) is 8.44.